The third-order valence-corrected chi connectivity index (χ3v) is 1.80. The largest absolute Gasteiger partial charge is 0.311 e. The summed E-state index contributed by atoms with van der Waals surface area (Å²) in [5, 5.41) is 2.60. The SMILES string of the molecule is Fc1ccc(CCNCC(F)F)cc1. The van der Waals surface area contributed by atoms with Crippen LogP contribution in [0.3, 0.4) is 0 Å². The first kappa shape index (κ1) is 11.0. The molecule has 0 saturated carbocycles. The highest BCUT2D eigenvalue weighted by molar-refractivity contribution is 5.16. The minimum atomic E-state index is -2.32. The Morgan fingerprint density at radius 1 is 1.14 bits per heavy atom. The number of benzene rings is 1. The minimum absolute atomic E-state index is 0.283. The molecule has 0 aromatic heterocycles. The van der Waals surface area contributed by atoms with E-state index in [1.165, 1.54) is 12.1 Å². The topological polar surface area (TPSA) is 12.0 Å². The van der Waals surface area contributed by atoms with Crippen LogP contribution in [0.15, 0.2) is 24.3 Å². The van der Waals surface area contributed by atoms with Gasteiger partial charge in [0.25, 0.3) is 6.43 Å². The molecule has 1 rings (SSSR count). The second kappa shape index (κ2) is 5.65. The summed E-state index contributed by atoms with van der Waals surface area (Å²) in [5.74, 6) is -0.283. The highest BCUT2D eigenvalue weighted by Gasteiger charge is 2.00. The summed E-state index contributed by atoms with van der Waals surface area (Å²) in [7, 11) is 0. The zero-order chi connectivity index (χ0) is 10.4. The number of nitrogens with one attached hydrogen (secondary N) is 1. The fraction of sp³-hybridized carbons (Fsp3) is 0.400. The van der Waals surface area contributed by atoms with Crippen LogP contribution in [-0.4, -0.2) is 19.5 Å². The van der Waals surface area contributed by atoms with Crippen molar-refractivity contribution in [1.82, 2.24) is 5.32 Å². The number of alkyl halides is 2. The van der Waals surface area contributed by atoms with Crippen molar-refractivity contribution in [2.75, 3.05) is 13.1 Å². The summed E-state index contributed by atoms with van der Waals surface area (Å²) in [5.41, 5.74) is 0.938. The maximum atomic E-state index is 12.5. The van der Waals surface area contributed by atoms with Crippen LogP contribution in [0.1, 0.15) is 5.56 Å². The Balaban J connectivity index is 2.21. The average molecular weight is 203 g/mol. The molecule has 0 aliphatic rings. The maximum absolute atomic E-state index is 12.5. The second-order valence-electron chi connectivity index (χ2n) is 2.97. The van der Waals surface area contributed by atoms with E-state index in [1.807, 2.05) is 0 Å². The lowest BCUT2D eigenvalue weighted by Crippen LogP contribution is -2.23. The van der Waals surface area contributed by atoms with E-state index in [-0.39, 0.29) is 12.4 Å². The molecule has 0 amide bonds. The third kappa shape index (κ3) is 4.28. The van der Waals surface area contributed by atoms with Crippen molar-refractivity contribution in [2.24, 2.45) is 0 Å². The molecule has 1 aromatic carbocycles. The average Bonchev–Trinajstić information content (AvgIpc) is 2.15. The Morgan fingerprint density at radius 2 is 1.79 bits per heavy atom. The minimum Gasteiger partial charge on any atom is -0.311 e. The third-order valence-electron chi connectivity index (χ3n) is 1.80. The highest BCUT2D eigenvalue weighted by Crippen LogP contribution is 2.02. The quantitative estimate of drug-likeness (QED) is 0.723. The summed E-state index contributed by atoms with van der Waals surface area (Å²) in [6.07, 6.45) is -1.68. The van der Waals surface area contributed by atoms with Crippen LogP contribution in [0.2, 0.25) is 0 Å². The van der Waals surface area contributed by atoms with Gasteiger partial charge in [0.05, 0.1) is 6.54 Å². The van der Waals surface area contributed by atoms with Crippen LogP contribution in [0.5, 0.6) is 0 Å². The molecule has 0 radical (unpaired) electrons. The molecular weight excluding hydrogens is 191 g/mol. The molecule has 0 bridgehead atoms. The lowest BCUT2D eigenvalue weighted by atomic mass is 10.1. The normalized spacial score (nSPS) is 10.9. The lowest BCUT2D eigenvalue weighted by Gasteiger charge is -2.03. The highest BCUT2D eigenvalue weighted by atomic mass is 19.3. The summed E-state index contributed by atoms with van der Waals surface area (Å²) in [6, 6.07) is 6.03. The van der Waals surface area contributed by atoms with E-state index in [1.54, 1.807) is 12.1 Å². The van der Waals surface area contributed by atoms with E-state index >= 15 is 0 Å². The Labute approximate surface area is 80.9 Å². The summed E-state index contributed by atoms with van der Waals surface area (Å²) >= 11 is 0. The first-order valence-corrected chi connectivity index (χ1v) is 4.42. The van der Waals surface area contributed by atoms with E-state index in [9.17, 15) is 13.2 Å². The first-order chi connectivity index (χ1) is 6.68. The van der Waals surface area contributed by atoms with Gasteiger partial charge in [-0.05, 0) is 30.7 Å². The summed E-state index contributed by atoms with van der Waals surface area (Å²) in [4.78, 5) is 0. The molecule has 1 aromatic rings. The fourth-order valence-corrected chi connectivity index (χ4v) is 1.09. The molecule has 0 aliphatic carbocycles. The molecule has 1 nitrogen and oxygen atoms in total. The van der Waals surface area contributed by atoms with Crippen LogP contribution in [0.4, 0.5) is 13.2 Å². The molecule has 78 valence electrons. The lowest BCUT2D eigenvalue weighted by molar-refractivity contribution is 0.146. The van der Waals surface area contributed by atoms with Crippen LogP contribution in [0, 0.1) is 5.82 Å². The van der Waals surface area contributed by atoms with Crippen molar-refractivity contribution >= 4 is 0 Å². The van der Waals surface area contributed by atoms with Gasteiger partial charge < -0.3 is 5.32 Å². The number of hydrogen-bond donors (Lipinski definition) is 1. The Bertz CT molecular complexity index is 259. The van der Waals surface area contributed by atoms with Crippen LogP contribution in [-0.2, 0) is 6.42 Å². The van der Waals surface area contributed by atoms with Gasteiger partial charge in [-0.25, -0.2) is 13.2 Å². The number of halogens is 3. The molecule has 4 heteroatoms. The van der Waals surface area contributed by atoms with Gasteiger partial charge in [0, 0.05) is 0 Å². The van der Waals surface area contributed by atoms with E-state index in [0.29, 0.717) is 13.0 Å². The molecule has 14 heavy (non-hydrogen) atoms. The van der Waals surface area contributed by atoms with Gasteiger partial charge in [-0.1, -0.05) is 12.1 Å². The van der Waals surface area contributed by atoms with E-state index < -0.39 is 6.43 Å². The van der Waals surface area contributed by atoms with Gasteiger partial charge in [-0.3, -0.25) is 0 Å². The molecule has 1 N–H and O–H groups in total. The molecule has 0 heterocycles. The summed E-state index contributed by atoms with van der Waals surface area (Å²) in [6.45, 7) is 0.192. The van der Waals surface area contributed by atoms with Crippen molar-refractivity contribution < 1.29 is 13.2 Å². The van der Waals surface area contributed by atoms with Crippen molar-refractivity contribution in [3.63, 3.8) is 0 Å². The second-order valence-corrected chi connectivity index (χ2v) is 2.97. The molecule has 0 unspecified atom stereocenters. The molecule has 0 atom stereocenters. The van der Waals surface area contributed by atoms with Gasteiger partial charge in [0.15, 0.2) is 0 Å². The van der Waals surface area contributed by atoms with Crippen molar-refractivity contribution in [3.05, 3.63) is 35.6 Å². The van der Waals surface area contributed by atoms with E-state index in [4.69, 9.17) is 0 Å². The molecule has 0 fully saturated rings. The van der Waals surface area contributed by atoms with Gasteiger partial charge in [-0.15, -0.1) is 0 Å². The Morgan fingerprint density at radius 3 is 2.36 bits per heavy atom. The Hall–Kier alpha value is -1.03. The van der Waals surface area contributed by atoms with Crippen LogP contribution >= 0.6 is 0 Å². The van der Waals surface area contributed by atoms with Crippen molar-refractivity contribution in [3.8, 4) is 0 Å². The molecular formula is C10H12F3N. The van der Waals surface area contributed by atoms with Gasteiger partial charge in [0.2, 0.25) is 0 Å². The van der Waals surface area contributed by atoms with Crippen molar-refractivity contribution in [1.29, 1.82) is 0 Å². The smallest absolute Gasteiger partial charge is 0.250 e. The molecule has 0 aliphatic heterocycles. The van der Waals surface area contributed by atoms with Gasteiger partial charge >= 0.3 is 0 Å². The predicted molar refractivity (Wildman–Crippen MR) is 49.0 cm³/mol. The summed E-state index contributed by atoms with van der Waals surface area (Å²) < 4.78 is 35.9. The fourth-order valence-electron chi connectivity index (χ4n) is 1.09. The first-order valence-electron chi connectivity index (χ1n) is 4.42. The zero-order valence-corrected chi connectivity index (χ0v) is 7.64. The Kier molecular flexibility index (Phi) is 4.46. The zero-order valence-electron chi connectivity index (χ0n) is 7.64. The van der Waals surface area contributed by atoms with E-state index in [0.717, 1.165) is 5.56 Å². The standard InChI is InChI=1S/C10H12F3N/c11-9-3-1-8(2-4-9)5-6-14-7-10(12)13/h1-4,10,14H,5-7H2. The molecule has 0 saturated heterocycles. The number of hydrogen-bond acceptors (Lipinski definition) is 1. The molecule has 0 spiro atoms. The van der Waals surface area contributed by atoms with Crippen LogP contribution in [0.25, 0.3) is 0 Å². The number of rotatable bonds is 5. The monoisotopic (exact) mass is 203 g/mol. The predicted octanol–water partition coefficient (Wildman–Crippen LogP) is 2.22. The van der Waals surface area contributed by atoms with Gasteiger partial charge in [0.1, 0.15) is 5.82 Å². The van der Waals surface area contributed by atoms with Crippen LogP contribution < -0.4 is 5.32 Å². The van der Waals surface area contributed by atoms with Gasteiger partial charge in [-0.2, -0.15) is 0 Å². The maximum Gasteiger partial charge on any atom is 0.250 e. The van der Waals surface area contributed by atoms with Crippen molar-refractivity contribution in [2.45, 2.75) is 12.8 Å². The van der Waals surface area contributed by atoms with E-state index in [2.05, 4.69) is 5.32 Å².